The van der Waals surface area contributed by atoms with Crippen LogP contribution in [0.5, 0.6) is 0 Å². The van der Waals surface area contributed by atoms with E-state index in [1.807, 2.05) is 72.8 Å². The molecule has 206 valence electrons. The summed E-state index contributed by atoms with van der Waals surface area (Å²) in [6.07, 6.45) is 0. The summed E-state index contributed by atoms with van der Waals surface area (Å²) in [7, 11) is 0. The van der Waals surface area contributed by atoms with E-state index >= 15 is 0 Å². The van der Waals surface area contributed by atoms with Crippen molar-refractivity contribution in [2.75, 3.05) is 0 Å². The van der Waals surface area contributed by atoms with Gasteiger partial charge in [-0.15, -0.1) is 11.3 Å². The number of nitrogens with zero attached hydrogens (tertiary/aromatic N) is 3. The first-order chi connectivity index (χ1) is 21.8. The Hall–Kier alpha value is -5.65. The van der Waals surface area contributed by atoms with Crippen LogP contribution in [0.3, 0.4) is 0 Å². The van der Waals surface area contributed by atoms with Crippen molar-refractivity contribution in [3.8, 4) is 45.3 Å². The van der Waals surface area contributed by atoms with Gasteiger partial charge in [0.15, 0.2) is 17.5 Å². The summed E-state index contributed by atoms with van der Waals surface area (Å²) in [4.78, 5) is 14.9. The van der Waals surface area contributed by atoms with Crippen LogP contribution < -0.4 is 0 Å². The Morgan fingerprint density at radius 2 is 1.02 bits per heavy atom. The number of fused-ring (bicyclic) bond motifs is 6. The minimum Gasteiger partial charge on any atom is -0.456 e. The van der Waals surface area contributed by atoms with Gasteiger partial charge < -0.3 is 4.42 Å². The van der Waals surface area contributed by atoms with E-state index < -0.39 is 0 Å². The molecule has 0 saturated heterocycles. The Balaban J connectivity index is 1.20. The van der Waals surface area contributed by atoms with Crippen LogP contribution in [-0.4, -0.2) is 15.0 Å². The van der Waals surface area contributed by atoms with E-state index in [1.165, 1.54) is 14.8 Å². The fourth-order valence-electron chi connectivity index (χ4n) is 6.03. The highest BCUT2D eigenvalue weighted by molar-refractivity contribution is 7.26. The summed E-state index contributed by atoms with van der Waals surface area (Å²) < 4.78 is 8.60. The Labute approximate surface area is 256 Å². The molecule has 0 aliphatic rings. The molecule has 0 saturated carbocycles. The lowest BCUT2D eigenvalue weighted by molar-refractivity contribution is 0.669. The van der Waals surface area contributed by atoms with E-state index in [9.17, 15) is 0 Å². The molecule has 0 fully saturated rings. The summed E-state index contributed by atoms with van der Waals surface area (Å²) in [5.74, 6) is 1.99. The number of benzene rings is 6. The number of aromatic nitrogens is 3. The predicted molar refractivity (Wildman–Crippen MR) is 182 cm³/mol. The molecule has 44 heavy (non-hydrogen) atoms. The van der Waals surface area contributed by atoms with Crippen LogP contribution >= 0.6 is 11.3 Å². The third-order valence-electron chi connectivity index (χ3n) is 8.15. The van der Waals surface area contributed by atoms with Gasteiger partial charge in [0, 0.05) is 47.6 Å². The van der Waals surface area contributed by atoms with Crippen molar-refractivity contribution in [3.63, 3.8) is 0 Å². The van der Waals surface area contributed by atoms with Crippen LogP contribution in [0, 0.1) is 0 Å². The summed E-state index contributed by atoms with van der Waals surface area (Å²) in [5, 5.41) is 4.64. The first-order valence-corrected chi connectivity index (χ1v) is 15.3. The smallest absolute Gasteiger partial charge is 0.164 e. The van der Waals surface area contributed by atoms with Crippen LogP contribution in [0.25, 0.3) is 87.4 Å². The van der Waals surface area contributed by atoms with Crippen molar-refractivity contribution in [1.29, 1.82) is 0 Å². The maximum Gasteiger partial charge on any atom is 0.164 e. The Morgan fingerprint density at radius 1 is 0.409 bits per heavy atom. The zero-order chi connectivity index (χ0) is 29.0. The molecular formula is C39H23N3OS. The lowest BCUT2D eigenvalue weighted by atomic mass is 10.0. The highest BCUT2D eigenvalue weighted by Crippen LogP contribution is 2.42. The fourth-order valence-corrected chi connectivity index (χ4v) is 7.20. The highest BCUT2D eigenvalue weighted by atomic mass is 32.1. The minimum atomic E-state index is 0.661. The van der Waals surface area contributed by atoms with E-state index in [0.29, 0.717) is 17.5 Å². The lowest BCUT2D eigenvalue weighted by Crippen LogP contribution is -2.00. The number of para-hydroxylation sites is 1. The van der Waals surface area contributed by atoms with Crippen molar-refractivity contribution in [3.05, 3.63) is 140 Å². The average molecular weight is 582 g/mol. The number of hydrogen-bond donors (Lipinski definition) is 0. The van der Waals surface area contributed by atoms with E-state index in [2.05, 4.69) is 66.7 Å². The molecule has 4 nitrogen and oxygen atoms in total. The van der Waals surface area contributed by atoms with Crippen LogP contribution in [-0.2, 0) is 0 Å². The van der Waals surface area contributed by atoms with Crippen LogP contribution in [0.15, 0.2) is 144 Å². The van der Waals surface area contributed by atoms with E-state index in [1.54, 1.807) is 11.3 Å². The molecule has 6 aromatic carbocycles. The summed E-state index contributed by atoms with van der Waals surface area (Å²) >= 11 is 1.79. The molecule has 0 N–H and O–H groups in total. The van der Waals surface area contributed by atoms with Crippen LogP contribution in [0.4, 0.5) is 0 Å². The largest absolute Gasteiger partial charge is 0.456 e. The summed E-state index contributed by atoms with van der Waals surface area (Å²) in [6, 6.07) is 48.0. The van der Waals surface area contributed by atoms with Crippen LogP contribution in [0.2, 0.25) is 0 Å². The van der Waals surface area contributed by atoms with Crippen LogP contribution in [0.1, 0.15) is 0 Å². The van der Waals surface area contributed by atoms with Crippen molar-refractivity contribution in [1.82, 2.24) is 15.0 Å². The SMILES string of the molecule is c1ccc(-c2nc(-c3ccccc3)nc(-c3cccc4sc5cc(-c6ccc7c(c6)oc6ccccc67)ccc5c34)n2)cc1. The molecule has 0 amide bonds. The van der Waals surface area contributed by atoms with Gasteiger partial charge in [0.1, 0.15) is 11.2 Å². The molecule has 0 spiro atoms. The first-order valence-electron chi connectivity index (χ1n) is 14.5. The maximum atomic E-state index is 6.18. The number of hydrogen-bond acceptors (Lipinski definition) is 5. The number of furan rings is 1. The molecule has 5 heteroatoms. The molecule has 0 unspecified atom stereocenters. The Morgan fingerprint density at radius 3 is 1.77 bits per heavy atom. The molecule has 9 aromatic rings. The predicted octanol–water partition coefficient (Wildman–Crippen LogP) is 10.8. The third kappa shape index (κ3) is 4.09. The van der Waals surface area contributed by atoms with Gasteiger partial charge in [0.05, 0.1) is 0 Å². The van der Waals surface area contributed by atoms with Gasteiger partial charge >= 0.3 is 0 Å². The average Bonchev–Trinajstić information content (AvgIpc) is 3.66. The molecule has 3 heterocycles. The second-order valence-corrected chi connectivity index (χ2v) is 11.9. The van der Waals surface area contributed by atoms with Crippen molar-refractivity contribution < 1.29 is 4.42 Å². The zero-order valence-electron chi connectivity index (χ0n) is 23.4. The minimum absolute atomic E-state index is 0.661. The van der Waals surface area contributed by atoms with Gasteiger partial charge in [-0.2, -0.15) is 0 Å². The summed E-state index contributed by atoms with van der Waals surface area (Å²) in [6.45, 7) is 0. The first kappa shape index (κ1) is 24.9. The van der Waals surface area contributed by atoms with E-state index in [-0.39, 0.29) is 0 Å². The second kappa shape index (κ2) is 9.97. The van der Waals surface area contributed by atoms with Crippen molar-refractivity contribution >= 4 is 53.4 Å². The molecule has 0 bridgehead atoms. The molecule has 0 radical (unpaired) electrons. The maximum absolute atomic E-state index is 6.18. The van der Waals surface area contributed by atoms with Gasteiger partial charge in [0.25, 0.3) is 0 Å². The molecule has 0 aliphatic heterocycles. The molecule has 0 aliphatic carbocycles. The van der Waals surface area contributed by atoms with E-state index in [4.69, 9.17) is 19.4 Å². The number of rotatable bonds is 4. The quantitative estimate of drug-likeness (QED) is 0.207. The highest BCUT2D eigenvalue weighted by Gasteiger charge is 2.17. The van der Waals surface area contributed by atoms with Gasteiger partial charge in [-0.3, -0.25) is 0 Å². The number of thiophene rings is 1. The Bertz CT molecular complexity index is 2440. The van der Waals surface area contributed by atoms with Crippen molar-refractivity contribution in [2.45, 2.75) is 0 Å². The standard InChI is InChI=1S/C39H23N3OS/c1-3-10-24(11-4-1)37-40-38(25-12-5-2-6-13-25)42-39(41-37)31-15-9-17-34-36(31)30-21-19-27(23-35(30)44-34)26-18-20-29-28-14-7-8-16-32(28)43-33(29)22-26/h1-23H. The Kier molecular flexibility index (Phi) is 5.64. The zero-order valence-corrected chi connectivity index (χ0v) is 24.3. The van der Waals surface area contributed by atoms with Gasteiger partial charge in [-0.25, -0.2) is 15.0 Å². The monoisotopic (exact) mass is 581 g/mol. The van der Waals surface area contributed by atoms with E-state index in [0.717, 1.165) is 55.1 Å². The second-order valence-electron chi connectivity index (χ2n) is 10.8. The molecular weight excluding hydrogens is 559 g/mol. The summed E-state index contributed by atoms with van der Waals surface area (Å²) in [5.41, 5.74) is 7.03. The molecule has 3 aromatic heterocycles. The van der Waals surface area contributed by atoms with Gasteiger partial charge in [0.2, 0.25) is 0 Å². The molecule has 0 atom stereocenters. The topological polar surface area (TPSA) is 51.8 Å². The van der Waals surface area contributed by atoms with Crippen molar-refractivity contribution in [2.24, 2.45) is 0 Å². The van der Waals surface area contributed by atoms with Gasteiger partial charge in [-0.05, 0) is 41.5 Å². The lowest BCUT2D eigenvalue weighted by Gasteiger charge is -2.09. The fraction of sp³-hybridized carbons (Fsp3) is 0. The van der Waals surface area contributed by atoms with Gasteiger partial charge in [-0.1, -0.05) is 109 Å². The normalized spacial score (nSPS) is 11.6. The molecule has 9 rings (SSSR count). The third-order valence-corrected chi connectivity index (χ3v) is 9.27.